The number of hydrogen-bond acceptors (Lipinski definition) is 4. The fourth-order valence-corrected chi connectivity index (χ4v) is 2.04. The molecule has 0 radical (unpaired) electrons. The number of fused-ring (bicyclic) bond motifs is 1. The van der Waals surface area contributed by atoms with Gasteiger partial charge in [0.05, 0.1) is 17.6 Å². The van der Waals surface area contributed by atoms with Crippen LogP contribution in [0.4, 0.5) is 9.18 Å². The van der Waals surface area contributed by atoms with Gasteiger partial charge in [-0.15, -0.1) is 0 Å². The minimum absolute atomic E-state index is 0.0327. The molecular weight excluding hydrogens is 289 g/mol. The SMILES string of the molecule is CCCC(F)N(CCOc1ccc2nccnc2c1)C(=O)O. The minimum atomic E-state index is -1.51. The summed E-state index contributed by atoms with van der Waals surface area (Å²) in [4.78, 5) is 20.1. The molecule has 22 heavy (non-hydrogen) atoms. The van der Waals surface area contributed by atoms with Crippen LogP contribution >= 0.6 is 0 Å². The number of rotatable bonds is 7. The zero-order valence-electron chi connectivity index (χ0n) is 12.3. The van der Waals surface area contributed by atoms with E-state index in [0.717, 1.165) is 10.4 Å². The first kappa shape index (κ1) is 15.9. The smallest absolute Gasteiger partial charge is 0.409 e. The van der Waals surface area contributed by atoms with Gasteiger partial charge in [-0.2, -0.15) is 0 Å². The fourth-order valence-electron chi connectivity index (χ4n) is 2.04. The Balaban J connectivity index is 1.94. The number of alkyl halides is 1. The first-order valence-electron chi connectivity index (χ1n) is 7.09. The summed E-state index contributed by atoms with van der Waals surface area (Å²) in [5, 5.41) is 9.02. The van der Waals surface area contributed by atoms with Gasteiger partial charge in [0.2, 0.25) is 0 Å². The fraction of sp³-hybridized carbons (Fsp3) is 0.400. The van der Waals surface area contributed by atoms with E-state index < -0.39 is 12.4 Å². The lowest BCUT2D eigenvalue weighted by Crippen LogP contribution is -2.39. The van der Waals surface area contributed by atoms with E-state index in [0.29, 0.717) is 17.7 Å². The standard InChI is InChI=1S/C15H18FN3O3/c1-2-3-14(16)19(15(20)21)8-9-22-11-4-5-12-13(10-11)18-7-6-17-12/h4-7,10,14H,2-3,8-9H2,1H3,(H,20,21). The van der Waals surface area contributed by atoms with Crippen molar-refractivity contribution < 1.29 is 19.0 Å². The highest BCUT2D eigenvalue weighted by Gasteiger charge is 2.21. The second kappa shape index (κ2) is 7.53. The summed E-state index contributed by atoms with van der Waals surface area (Å²) in [6, 6.07) is 5.20. The van der Waals surface area contributed by atoms with Crippen molar-refractivity contribution in [3.05, 3.63) is 30.6 Å². The molecule has 0 fully saturated rings. The van der Waals surface area contributed by atoms with Crippen LogP contribution in [0.1, 0.15) is 19.8 Å². The monoisotopic (exact) mass is 307 g/mol. The minimum Gasteiger partial charge on any atom is -0.492 e. The highest BCUT2D eigenvalue weighted by atomic mass is 19.1. The predicted octanol–water partition coefficient (Wildman–Crippen LogP) is 3.08. The second-order valence-electron chi connectivity index (χ2n) is 4.75. The molecule has 118 valence electrons. The summed E-state index contributed by atoms with van der Waals surface area (Å²) in [6.07, 6.45) is 1.15. The van der Waals surface area contributed by atoms with Crippen LogP contribution in [-0.4, -0.2) is 45.5 Å². The molecule has 0 spiro atoms. The number of halogens is 1. The van der Waals surface area contributed by atoms with E-state index >= 15 is 0 Å². The van der Waals surface area contributed by atoms with Gasteiger partial charge in [-0.1, -0.05) is 13.3 Å². The third-order valence-electron chi connectivity index (χ3n) is 3.15. The highest BCUT2D eigenvalue weighted by Crippen LogP contribution is 2.17. The van der Waals surface area contributed by atoms with Gasteiger partial charge in [-0.25, -0.2) is 9.18 Å². The Morgan fingerprint density at radius 2 is 2.09 bits per heavy atom. The van der Waals surface area contributed by atoms with Gasteiger partial charge in [-0.05, 0) is 18.6 Å². The van der Waals surface area contributed by atoms with Crippen molar-refractivity contribution in [1.29, 1.82) is 0 Å². The van der Waals surface area contributed by atoms with Crippen LogP contribution in [0, 0.1) is 0 Å². The number of amides is 1. The highest BCUT2D eigenvalue weighted by molar-refractivity contribution is 5.75. The van der Waals surface area contributed by atoms with Gasteiger partial charge in [0, 0.05) is 18.5 Å². The number of carbonyl (C=O) groups is 1. The first-order valence-corrected chi connectivity index (χ1v) is 7.09. The van der Waals surface area contributed by atoms with Crippen molar-refractivity contribution in [2.75, 3.05) is 13.2 Å². The van der Waals surface area contributed by atoms with E-state index in [2.05, 4.69) is 9.97 Å². The van der Waals surface area contributed by atoms with E-state index in [1.165, 1.54) is 0 Å². The van der Waals surface area contributed by atoms with Crippen LogP contribution in [0.5, 0.6) is 5.75 Å². The van der Waals surface area contributed by atoms with Crippen LogP contribution in [0.25, 0.3) is 11.0 Å². The van der Waals surface area contributed by atoms with Crippen LogP contribution in [0.3, 0.4) is 0 Å². The average molecular weight is 307 g/mol. The summed E-state index contributed by atoms with van der Waals surface area (Å²) < 4.78 is 19.2. The van der Waals surface area contributed by atoms with Crippen molar-refractivity contribution in [2.45, 2.75) is 26.1 Å². The lowest BCUT2D eigenvalue weighted by atomic mass is 10.3. The van der Waals surface area contributed by atoms with Crippen molar-refractivity contribution in [2.24, 2.45) is 0 Å². The van der Waals surface area contributed by atoms with Crippen molar-refractivity contribution in [3.8, 4) is 5.75 Å². The molecule has 0 aliphatic rings. The van der Waals surface area contributed by atoms with E-state index in [9.17, 15) is 9.18 Å². The molecule has 0 aliphatic carbocycles. The van der Waals surface area contributed by atoms with E-state index in [4.69, 9.17) is 9.84 Å². The van der Waals surface area contributed by atoms with E-state index in [1.807, 2.05) is 0 Å². The molecule has 0 saturated heterocycles. The van der Waals surface area contributed by atoms with Crippen LogP contribution in [0.2, 0.25) is 0 Å². The molecule has 1 N–H and O–H groups in total. The Morgan fingerprint density at radius 1 is 1.36 bits per heavy atom. The van der Waals surface area contributed by atoms with Gasteiger partial charge in [0.15, 0.2) is 6.30 Å². The molecule has 1 heterocycles. The Hall–Kier alpha value is -2.44. The molecule has 2 rings (SSSR count). The maximum absolute atomic E-state index is 13.7. The lowest BCUT2D eigenvalue weighted by molar-refractivity contribution is 0.0574. The van der Waals surface area contributed by atoms with Gasteiger partial charge in [0.25, 0.3) is 0 Å². The van der Waals surface area contributed by atoms with Gasteiger partial charge >= 0.3 is 6.09 Å². The van der Waals surface area contributed by atoms with E-state index in [1.54, 1.807) is 37.5 Å². The molecule has 2 aromatic rings. The van der Waals surface area contributed by atoms with Crippen LogP contribution < -0.4 is 4.74 Å². The number of aromatic nitrogens is 2. The number of benzene rings is 1. The van der Waals surface area contributed by atoms with Crippen LogP contribution in [0.15, 0.2) is 30.6 Å². The summed E-state index contributed by atoms with van der Waals surface area (Å²) in [5.74, 6) is 0.546. The van der Waals surface area contributed by atoms with E-state index in [-0.39, 0.29) is 19.6 Å². The predicted molar refractivity (Wildman–Crippen MR) is 79.6 cm³/mol. The summed E-state index contributed by atoms with van der Waals surface area (Å²) >= 11 is 0. The molecule has 0 saturated carbocycles. The molecular formula is C15H18FN3O3. The molecule has 1 amide bonds. The zero-order chi connectivity index (χ0) is 15.9. The summed E-state index contributed by atoms with van der Waals surface area (Å²) in [6.45, 7) is 1.84. The number of carboxylic acid groups (broad SMARTS) is 1. The van der Waals surface area contributed by atoms with Crippen molar-refractivity contribution in [1.82, 2.24) is 14.9 Å². The quantitative estimate of drug-likeness (QED) is 0.796. The summed E-state index contributed by atoms with van der Waals surface area (Å²) in [7, 11) is 0. The van der Waals surface area contributed by atoms with Gasteiger partial charge in [0.1, 0.15) is 12.4 Å². The zero-order valence-corrected chi connectivity index (χ0v) is 12.3. The largest absolute Gasteiger partial charge is 0.492 e. The Bertz CT molecular complexity index is 638. The second-order valence-corrected chi connectivity index (χ2v) is 4.75. The molecule has 7 heteroatoms. The van der Waals surface area contributed by atoms with Crippen LogP contribution in [-0.2, 0) is 0 Å². The maximum atomic E-state index is 13.7. The normalized spacial score (nSPS) is 12.1. The van der Waals surface area contributed by atoms with Crippen molar-refractivity contribution in [3.63, 3.8) is 0 Å². The molecule has 6 nitrogen and oxygen atoms in total. The molecule has 1 unspecified atom stereocenters. The topological polar surface area (TPSA) is 75.5 Å². The van der Waals surface area contributed by atoms with Crippen molar-refractivity contribution >= 4 is 17.1 Å². The van der Waals surface area contributed by atoms with Gasteiger partial charge < -0.3 is 9.84 Å². The number of ether oxygens (including phenoxy) is 1. The molecule has 1 atom stereocenters. The maximum Gasteiger partial charge on any atom is 0.409 e. The molecule has 1 aromatic carbocycles. The number of hydrogen-bond donors (Lipinski definition) is 1. The van der Waals surface area contributed by atoms with Gasteiger partial charge in [-0.3, -0.25) is 14.9 Å². The first-order chi connectivity index (χ1) is 10.6. The average Bonchev–Trinajstić information content (AvgIpc) is 2.51. The molecule has 0 bridgehead atoms. The molecule has 0 aliphatic heterocycles. The number of nitrogens with zero attached hydrogens (tertiary/aromatic N) is 3. The Morgan fingerprint density at radius 3 is 2.77 bits per heavy atom. The Kier molecular flexibility index (Phi) is 5.46. The Labute approximate surface area is 127 Å². The molecule has 1 aromatic heterocycles. The third-order valence-corrected chi connectivity index (χ3v) is 3.15. The summed E-state index contributed by atoms with van der Waals surface area (Å²) in [5.41, 5.74) is 1.43. The third kappa shape index (κ3) is 4.03. The lowest BCUT2D eigenvalue weighted by Gasteiger charge is -2.23.